The number of carbonyl (C=O) groups is 2. The molecule has 0 spiro atoms. The van der Waals surface area contributed by atoms with Gasteiger partial charge in [0.05, 0.1) is 6.04 Å². The fraction of sp³-hybridized carbons (Fsp3) is 0.286. The van der Waals surface area contributed by atoms with Crippen molar-refractivity contribution >= 4 is 39.1 Å². The third-order valence-corrected chi connectivity index (χ3v) is 4.23. The summed E-state index contributed by atoms with van der Waals surface area (Å²) in [4.78, 5) is 24.7. The number of rotatable bonds is 2. The van der Waals surface area contributed by atoms with E-state index in [9.17, 15) is 9.59 Å². The number of thiophene rings is 1. The minimum absolute atomic E-state index is 0.218. The standard InChI is InChI=1S/C14H14N2O3S/c1-8-13(15-9(2)17)19-14(18)16(8)11-3-4-12-10(7-11)5-6-20-12/h3-8,13H,1-2H3,(H,15,17)/t8?,13-/m0/s1. The van der Waals surface area contributed by atoms with Gasteiger partial charge in [-0.15, -0.1) is 11.3 Å². The molecule has 3 rings (SSSR count). The summed E-state index contributed by atoms with van der Waals surface area (Å²) in [5.41, 5.74) is 0.779. The molecule has 1 fully saturated rings. The molecule has 2 aromatic rings. The third-order valence-electron chi connectivity index (χ3n) is 3.33. The summed E-state index contributed by atoms with van der Waals surface area (Å²) in [5.74, 6) is -0.218. The second-order valence-corrected chi connectivity index (χ2v) is 5.71. The molecule has 5 nitrogen and oxygen atoms in total. The molecule has 1 aromatic heterocycles. The molecule has 6 heteroatoms. The number of amides is 2. The van der Waals surface area contributed by atoms with E-state index >= 15 is 0 Å². The third kappa shape index (κ3) is 2.12. The Bertz CT molecular complexity index is 682. The Kier molecular flexibility index (Phi) is 3.10. The molecule has 1 unspecified atom stereocenters. The van der Waals surface area contributed by atoms with Crippen LogP contribution in [0.25, 0.3) is 10.1 Å². The fourth-order valence-electron chi connectivity index (χ4n) is 2.36. The number of cyclic esters (lactones) is 1. The van der Waals surface area contributed by atoms with Gasteiger partial charge in [-0.25, -0.2) is 4.79 Å². The lowest BCUT2D eigenvalue weighted by atomic mass is 10.2. The van der Waals surface area contributed by atoms with Gasteiger partial charge in [-0.05, 0) is 42.0 Å². The number of benzene rings is 1. The van der Waals surface area contributed by atoms with Crippen molar-refractivity contribution in [2.24, 2.45) is 0 Å². The summed E-state index contributed by atoms with van der Waals surface area (Å²) in [5, 5.41) is 5.74. The lowest BCUT2D eigenvalue weighted by molar-refractivity contribution is -0.121. The van der Waals surface area contributed by atoms with Gasteiger partial charge in [0.15, 0.2) is 6.23 Å². The van der Waals surface area contributed by atoms with Crippen LogP contribution in [-0.4, -0.2) is 24.3 Å². The molecule has 1 aromatic carbocycles. The predicted octanol–water partition coefficient (Wildman–Crippen LogP) is 2.71. The van der Waals surface area contributed by atoms with E-state index in [-0.39, 0.29) is 11.9 Å². The Labute approximate surface area is 120 Å². The minimum Gasteiger partial charge on any atom is -0.423 e. The van der Waals surface area contributed by atoms with Crippen molar-refractivity contribution in [3.63, 3.8) is 0 Å². The zero-order valence-electron chi connectivity index (χ0n) is 11.1. The highest BCUT2D eigenvalue weighted by Crippen LogP contribution is 2.30. The van der Waals surface area contributed by atoms with Crippen LogP contribution in [0.4, 0.5) is 10.5 Å². The van der Waals surface area contributed by atoms with E-state index in [2.05, 4.69) is 5.32 Å². The Balaban J connectivity index is 1.92. The second-order valence-electron chi connectivity index (χ2n) is 4.76. The van der Waals surface area contributed by atoms with Gasteiger partial charge in [-0.2, -0.15) is 0 Å². The summed E-state index contributed by atoms with van der Waals surface area (Å²) in [7, 11) is 0. The van der Waals surface area contributed by atoms with Crippen molar-refractivity contribution in [3.8, 4) is 0 Å². The topological polar surface area (TPSA) is 58.6 Å². The molecule has 1 aliphatic rings. The number of ether oxygens (including phenoxy) is 1. The average Bonchev–Trinajstić information content (AvgIpc) is 2.94. The lowest BCUT2D eigenvalue weighted by Crippen LogP contribution is -2.43. The van der Waals surface area contributed by atoms with E-state index in [4.69, 9.17) is 4.74 Å². The van der Waals surface area contributed by atoms with Crippen LogP contribution < -0.4 is 10.2 Å². The van der Waals surface area contributed by atoms with Gasteiger partial charge in [0.2, 0.25) is 5.91 Å². The van der Waals surface area contributed by atoms with E-state index in [1.54, 1.807) is 16.2 Å². The molecule has 0 aliphatic carbocycles. The highest BCUT2D eigenvalue weighted by Gasteiger charge is 2.40. The van der Waals surface area contributed by atoms with Gasteiger partial charge in [0.1, 0.15) is 0 Å². The van der Waals surface area contributed by atoms with Crippen LogP contribution in [0, 0.1) is 0 Å². The van der Waals surface area contributed by atoms with Gasteiger partial charge in [-0.3, -0.25) is 9.69 Å². The molecule has 0 radical (unpaired) electrons. The van der Waals surface area contributed by atoms with Gasteiger partial charge in [0, 0.05) is 17.3 Å². The van der Waals surface area contributed by atoms with Crippen molar-refractivity contribution in [2.75, 3.05) is 4.90 Å². The molecule has 2 atom stereocenters. The maximum Gasteiger partial charge on any atom is 0.416 e. The number of nitrogens with zero attached hydrogens (tertiary/aromatic N) is 1. The molecular weight excluding hydrogens is 276 g/mol. The fourth-order valence-corrected chi connectivity index (χ4v) is 3.13. The van der Waals surface area contributed by atoms with Crippen LogP contribution in [0.3, 0.4) is 0 Å². The van der Waals surface area contributed by atoms with Crippen molar-refractivity contribution in [1.82, 2.24) is 5.32 Å². The highest BCUT2D eigenvalue weighted by atomic mass is 32.1. The Morgan fingerprint density at radius 3 is 2.95 bits per heavy atom. The van der Waals surface area contributed by atoms with E-state index in [0.29, 0.717) is 0 Å². The number of fused-ring (bicyclic) bond motifs is 1. The summed E-state index contributed by atoms with van der Waals surface area (Å²) >= 11 is 1.66. The largest absolute Gasteiger partial charge is 0.423 e. The molecule has 2 amide bonds. The van der Waals surface area contributed by atoms with Gasteiger partial charge >= 0.3 is 6.09 Å². The number of anilines is 1. The highest BCUT2D eigenvalue weighted by molar-refractivity contribution is 7.17. The Morgan fingerprint density at radius 1 is 1.40 bits per heavy atom. The number of carbonyl (C=O) groups excluding carboxylic acids is 2. The van der Waals surface area contributed by atoms with E-state index in [1.165, 1.54) is 11.6 Å². The monoisotopic (exact) mass is 290 g/mol. The van der Waals surface area contributed by atoms with E-state index in [1.807, 2.05) is 36.6 Å². The maximum atomic E-state index is 12.0. The van der Waals surface area contributed by atoms with Crippen LogP contribution in [0.1, 0.15) is 13.8 Å². The average molecular weight is 290 g/mol. The predicted molar refractivity (Wildman–Crippen MR) is 77.9 cm³/mol. The van der Waals surface area contributed by atoms with Gasteiger partial charge in [0.25, 0.3) is 0 Å². The molecule has 1 N–H and O–H groups in total. The van der Waals surface area contributed by atoms with Crippen LogP contribution in [0.2, 0.25) is 0 Å². The molecule has 1 aliphatic heterocycles. The summed E-state index contributed by atoms with van der Waals surface area (Å²) in [6.45, 7) is 3.25. The summed E-state index contributed by atoms with van der Waals surface area (Å²) in [6, 6.07) is 7.61. The minimum atomic E-state index is -0.613. The zero-order chi connectivity index (χ0) is 14.3. The summed E-state index contributed by atoms with van der Waals surface area (Å²) < 4.78 is 6.38. The quantitative estimate of drug-likeness (QED) is 0.925. The number of hydrogen-bond acceptors (Lipinski definition) is 4. The van der Waals surface area contributed by atoms with Crippen molar-refractivity contribution < 1.29 is 14.3 Å². The SMILES string of the molecule is CC(=O)N[C@H]1OC(=O)N(c2ccc3sccc3c2)C1C. The maximum absolute atomic E-state index is 12.0. The molecule has 1 saturated heterocycles. The van der Waals surface area contributed by atoms with Crippen molar-refractivity contribution in [1.29, 1.82) is 0 Å². The smallest absolute Gasteiger partial charge is 0.416 e. The number of hydrogen-bond donors (Lipinski definition) is 1. The molecule has 2 heterocycles. The van der Waals surface area contributed by atoms with Crippen molar-refractivity contribution in [3.05, 3.63) is 29.6 Å². The molecular formula is C14H14N2O3S. The van der Waals surface area contributed by atoms with E-state index < -0.39 is 12.3 Å². The first-order chi connectivity index (χ1) is 9.56. The zero-order valence-corrected chi connectivity index (χ0v) is 11.9. The molecule has 104 valence electrons. The normalized spacial score (nSPS) is 22.1. The number of nitrogens with one attached hydrogen (secondary N) is 1. The van der Waals surface area contributed by atoms with Crippen LogP contribution in [0.15, 0.2) is 29.6 Å². The lowest BCUT2D eigenvalue weighted by Gasteiger charge is -2.20. The van der Waals surface area contributed by atoms with Gasteiger partial charge < -0.3 is 10.1 Å². The Hall–Kier alpha value is -2.08. The van der Waals surface area contributed by atoms with Crippen LogP contribution in [-0.2, 0) is 9.53 Å². The molecule has 20 heavy (non-hydrogen) atoms. The molecule has 0 saturated carbocycles. The first-order valence-corrected chi connectivity index (χ1v) is 7.18. The second kappa shape index (κ2) is 4.79. The van der Waals surface area contributed by atoms with Crippen LogP contribution >= 0.6 is 11.3 Å². The first kappa shape index (κ1) is 12.9. The van der Waals surface area contributed by atoms with Crippen molar-refractivity contribution in [2.45, 2.75) is 26.1 Å². The Morgan fingerprint density at radius 2 is 2.20 bits per heavy atom. The first-order valence-electron chi connectivity index (χ1n) is 6.30. The molecule has 0 bridgehead atoms. The van der Waals surface area contributed by atoms with E-state index in [0.717, 1.165) is 11.1 Å². The van der Waals surface area contributed by atoms with Crippen LogP contribution in [0.5, 0.6) is 0 Å². The summed E-state index contributed by atoms with van der Waals surface area (Å²) in [6.07, 6.45) is -1.05. The van der Waals surface area contributed by atoms with Gasteiger partial charge in [-0.1, -0.05) is 0 Å².